The van der Waals surface area contributed by atoms with Gasteiger partial charge >= 0.3 is 11.9 Å². The Labute approximate surface area is 98.1 Å². The van der Waals surface area contributed by atoms with Crippen LogP contribution in [-0.2, 0) is 14.3 Å². The lowest BCUT2D eigenvalue weighted by Crippen LogP contribution is -2.26. The van der Waals surface area contributed by atoms with E-state index in [1.54, 1.807) is 26.8 Å². The Morgan fingerprint density at radius 1 is 1.41 bits per heavy atom. The average Bonchev–Trinajstić information content (AvgIpc) is 2.54. The minimum absolute atomic E-state index is 0.0315. The fourth-order valence-corrected chi connectivity index (χ4v) is 1.45. The quantitative estimate of drug-likeness (QED) is 0.433. The van der Waals surface area contributed by atoms with E-state index in [0.717, 1.165) is 4.73 Å². The molecule has 0 spiro atoms. The van der Waals surface area contributed by atoms with E-state index in [-0.39, 0.29) is 18.6 Å². The Balaban J connectivity index is 3.14. The second-order valence-electron chi connectivity index (χ2n) is 3.36. The second kappa shape index (κ2) is 5.29. The summed E-state index contributed by atoms with van der Waals surface area (Å²) >= 11 is 0. The van der Waals surface area contributed by atoms with Gasteiger partial charge in [0.1, 0.15) is 0 Å². The van der Waals surface area contributed by atoms with Crippen LogP contribution in [0.25, 0.3) is 0 Å². The van der Waals surface area contributed by atoms with Gasteiger partial charge in [-0.1, -0.05) is 0 Å². The summed E-state index contributed by atoms with van der Waals surface area (Å²) in [5, 5.41) is 0. The molecule has 0 aromatic carbocycles. The van der Waals surface area contributed by atoms with Crippen molar-refractivity contribution in [3.05, 3.63) is 23.0 Å². The van der Waals surface area contributed by atoms with Gasteiger partial charge in [-0.25, -0.2) is 9.59 Å². The van der Waals surface area contributed by atoms with Crippen LogP contribution in [0.3, 0.4) is 0 Å². The van der Waals surface area contributed by atoms with Gasteiger partial charge in [0.15, 0.2) is 5.69 Å². The Kier molecular flexibility index (Phi) is 4.03. The van der Waals surface area contributed by atoms with Crippen LogP contribution in [0.15, 0.2) is 6.07 Å². The Morgan fingerprint density at radius 3 is 2.59 bits per heavy atom. The maximum Gasteiger partial charge on any atom is 0.395 e. The summed E-state index contributed by atoms with van der Waals surface area (Å²) in [6, 6.07) is 1.66. The van der Waals surface area contributed by atoms with E-state index in [1.165, 1.54) is 0 Å². The van der Waals surface area contributed by atoms with Gasteiger partial charge in [-0.3, -0.25) is 4.79 Å². The second-order valence-corrected chi connectivity index (χ2v) is 3.36. The summed E-state index contributed by atoms with van der Waals surface area (Å²) in [5.41, 5.74) is 1.25. The van der Waals surface area contributed by atoms with E-state index in [9.17, 15) is 14.4 Å². The number of esters is 1. The van der Waals surface area contributed by atoms with Gasteiger partial charge in [0, 0.05) is 0 Å². The number of carbonyl (C=O) groups is 3. The molecule has 0 radical (unpaired) electrons. The summed E-state index contributed by atoms with van der Waals surface area (Å²) in [4.78, 5) is 37.5. The number of aryl methyl sites for hydroxylation is 2. The van der Waals surface area contributed by atoms with Crippen molar-refractivity contribution in [3.63, 3.8) is 0 Å². The molecule has 1 aromatic rings. The molecule has 6 heteroatoms. The van der Waals surface area contributed by atoms with Gasteiger partial charge in [0.05, 0.1) is 12.3 Å². The summed E-state index contributed by atoms with van der Waals surface area (Å²) < 4.78 is 5.84. The van der Waals surface area contributed by atoms with Crippen molar-refractivity contribution in [2.24, 2.45) is 0 Å². The van der Waals surface area contributed by atoms with E-state index in [1.807, 2.05) is 0 Å². The smallest absolute Gasteiger partial charge is 0.395 e. The van der Waals surface area contributed by atoms with Crippen LogP contribution < -0.4 is 4.84 Å². The first kappa shape index (κ1) is 13.0. The van der Waals surface area contributed by atoms with E-state index >= 15 is 0 Å². The lowest BCUT2D eigenvalue weighted by atomic mass is 10.2. The van der Waals surface area contributed by atoms with Crippen LogP contribution in [0, 0.1) is 13.8 Å². The normalized spacial score (nSPS) is 9.82. The molecule has 0 aliphatic rings. The molecule has 0 N–H and O–H groups in total. The van der Waals surface area contributed by atoms with Gasteiger partial charge in [-0.2, -0.15) is 4.73 Å². The summed E-state index contributed by atoms with van der Waals surface area (Å²) in [6.07, 6.45) is 0.0315. The zero-order chi connectivity index (χ0) is 13.0. The van der Waals surface area contributed by atoms with Gasteiger partial charge in [0.2, 0.25) is 6.29 Å². The molecular weight excluding hydrogens is 226 g/mol. The molecule has 0 atom stereocenters. The zero-order valence-corrected chi connectivity index (χ0v) is 9.85. The van der Waals surface area contributed by atoms with Crippen LogP contribution in [0.5, 0.6) is 0 Å². The number of nitrogens with zero attached hydrogens (tertiary/aromatic N) is 1. The molecule has 0 bridgehead atoms. The molecule has 0 fully saturated rings. The minimum Gasteiger partial charge on any atom is -0.461 e. The molecule has 0 saturated heterocycles. The Hall–Kier alpha value is -2.11. The van der Waals surface area contributed by atoms with E-state index < -0.39 is 11.9 Å². The summed E-state index contributed by atoms with van der Waals surface area (Å²) in [6.45, 7) is 5.22. The summed E-state index contributed by atoms with van der Waals surface area (Å²) in [7, 11) is 0. The molecule has 0 saturated carbocycles. The molecule has 17 heavy (non-hydrogen) atoms. The van der Waals surface area contributed by atoms with Crippen molar-refractivity contribution in [2.75, 3.05) is 6.61 Å². The number of hydrogen-bond donors (Lipinski definition) is 0. The fraction of sp³-hybridized carbons (Fsp3) is 0.364. The third kappa shape index (κ3) is 2.72. The number of carbonyl (C=O) groups excluding carboxylic acids is 3. The highest BCUT2D eigenvalue weighted by atomic mass is 16.7. The molecule has 1 aromatic heterocycles. The van der Waals surface area contributed by atoms with Crippen LogP contribution in [0.2, 0.25) is 0 Å². The predicted octanol–water partition coefficient (Wildman–Crippen LogP) is 0.436. The van der Waals surface area contributed by atoms with Crippen molar-refractivity contribution >= 4 is 18.2 Å². The van der Waals surface area contributed by atoms with Crippen LogP contribution >= 0.6 is 0 Å². The van der Waals surface area contributed by atoms with E-state index in [4.69, 9.17) is 9.57 Å². The molecular formula is C11H13NO5. The first-order valence-corrected chi connectivity index (χ1v) is 5.04. The maximum absolute atomic E-state index is 11.6. The van der Waals surface area contributed by atoms with Crippen LogP contribution in [0.1, 0.15) is 28.7 Å². The highest BCUT2D eigenvalue weighted by molar-refractivity contribution is 6.20. The number of aromatic nitrogens is 1. The Morgan fingerprint density at radius 2 is 2.06 bits per heavy atom. The lowest BCUT2D eigenvalue weighted by molar-refractivity contribution is -0.149. The van der Waals surface area contributed by atoms with Crippen molar-refractivity contribution in [1.29, 1.82) is 0 Å². The van der Waals surface area contributed by atoms with Crippen LogP contribution in [-0.4, -0.2) is 29.6 Å². The molecule has 1 heterocycles. The van der Waals surface area contributed by atoms with Gasteiger partial charge in [0.25, 0.3) is 0 Å². The highest BCUT2D eigenvalue weighted by Gasteiger charge is 2.21. The standard InChI is InChI=1S/C11H13NO5/c1-4-16-11(15)10-7(2)5-8(3)12(10)17-9(14)6-13/h5-6H,4H2,1-3H3. The number of hydrogen-bond acceptors (Lipinski definition) is 5. The summed E-state index contributed by atoms with van der Waals surface area (Å²) in [5.74, 6) is -1.67. The topological polar surface area (TPSA) is 74.6 Å². The van der Waals surface area contributed by atoms with Crippen molar-refractivity contribution < 1.29 is 24.0 Å². The predicted molar refractivity (Wildman–Crippen MR) is 57.5 cm³/mol. The minimum atomic E-state index is -1.07. The third-order valence-electron chi connectivity index (χ3n) is 2.07. The van der Waals surface area contributed by atoms with Crippen molar-refractivity contribution in [2.45, 2.75) is 20.8 Å². The average molecular weight is 239 g/mol. The highest BCUT2D eigenvalue weighted by Crippen LogP contribution is 2.14. The van der Waals surface area contributed by atoms with Gasteiger partial charge < -0.3 is 9.57 Å². The molecule has 6 nitrogen and oxygen atoms in total. The monoisotopic (exact) mass is 239 g/mol. The van der Waals surface area contributed by atoms with E-state index in [0.29, 0.717) is 11.3 Å². The first-order chi connectivity index (χ1) is 8.01. The molecule has 0 aliphatic carbocycles. The zero-order valence-electron chi connectivity index (χ0n) is 9.85. The molecule has 92 valence electrons. The largest absolute Gasteiger partial charge is 0.461 e. The van der Waals surface area contributed by atoms with Crippen molar-refractivity contribution in [1.82, 2.24) is 4.73 Å². The van der Waals surface area contributed by atoms with E-state index in [2.05, 4.69) is 0 Å². The first-order valence-electron chi connectivity index (χ1n) is 5.04. The molecule has 0 aliphatic heterocycles. The number of rotatable bonds is 4. The number of aldehydes is 1. The van der Waals surface area contributed by atoms with Gasteiger partial charge in [-0.05, 0) is 32.4 Å². The lowest BCUT2D eigenvalue weighted by Gasteiger charge is -2.09. The SMILES string of the molecule is CCOC(=O)c1c(C)cc(C)n1OC(=O)C=O. The number of ether oxygens (including phenoxy) is 1. The fourth-order valence-electron chi connectivity index (χ4n) is 1.45. The third-order valence-corrected chi connectivity index (χ3v) is 2.07. The Bertz CT molecular complexity index is 461. The van der Waals surface area contributed by atoms with Crippen molar-refractivity contribution in [3.8, 4) is 0 Å². The maximum atomic E-state index is 11.6. The van der Waals surface area contributed by atoms with Gasteiger partial charge in [-0.15, -0.1) is 0 Å². The van der Waals surface area contributed by atoms with Crippen LogP contribution in [0.4, 0.5) is 0 Å². The molecule has 1 rings (SSSR count). The molecule has 0 amide bonds. The molecule has 0 unspecified atom stereocenters.